The van der Waals surface area contributed by atoms with E-state index in [4.69, 9.17) is 16.3 Å². The number of alkyl halides is 1. The van der Waals surface area contributed by atoms with Crippen LogP contribution in [0.15, 0.2) is 16.6 Å². The molecule has 6 heteroatoms. The van der Waals surface area contributed by atoms with Gasteiger partial charge in [0.1, 0.15) is 11.6 Å². The predicted molar refractivity (Wildman–Crippen MR) is 85.2 cm³/mol. The maximum atomic E-state index is 13.9. The van der Waals surface area contributed by atoms with Crippen LogP contribution in [0.5, 0.6) is 0 Å². The van der Waals surface area contributed by atoms with Crippen molar-refractivity contribution in [3.05, 3.63) is 28.2 Å². The second-order valence-electron chi connectivity index (χ2n) is 5.48. The number of ether oxygens (including phenoxy) is 1. The molecule has 114 valence electrons. The number of aromatic nitrogens is 2. The summed E-state index contributed by atoms with van der Waals surface area (Å²) in [4.78, 5) is 4.55. The molecule has 0 spiro atoms. The van der Waals surface area contributed by atoms with Crippen molar-refractivity contribution in [2.75, 3.05) is 13.2 Å². The molecule has 21 heavy (non-hydrogen) atoms. The first-order valence-electron chi connectivity index (χ1n) is 7.11. The molecule has 0 saturated carbocycles. The number of hydrogen-bond donors (Lipinski definition) is 0. The van der Waals surface area contributed by atoms with Gasteiger partial charge in [-0.3, -0.25) is 0 Å². The molecular weight excluding hydrogens is 359 g/mol. The average Bonchev–Trinajstić information content (AvgIpc) is 2.85. The van der Waals surface area contributed by atoms with Gasteiger partial charge < -0.3 is 9.30 Å². The van der Waals surface area contributed by atoms with E-state index in [1.165, 1.54) is 6.07 Å². The van der Waals surface area contributed by atoms with Gasteiger partial charge in [-0.1, -0.05) is 0 Å². The Kier molecular flexibility index (Phi) is 4.52. The van der Waals surface area contributed by atoms with Gasteiger partial charge in [-0.15, -0.1) is 11.6 Å². The maximum absolute atomic E-state index is 13.9. The van der Waals surface area contributed by atoms with Crippen LogP contribution in [0.1, 0.15) is 31.6 Å². The third kappa shape index (κ3) is 2.83. The topological polar surface area (TPSA) is 27.1 Å². The van der Waals surface area contributed by atoms with E-state index in [0.29, 0.717) is 16.3 Å². The lowest BCUT2D eigenvalue weighted by Crippen LogP contribution is -2.25. The lowest BCUT2D eigenvalue weighted by molar-refractivity contribution is 0.0516. The fourth-order valence-electron chi connectivity index (χ4n) is 3.10. The van der Waals surface area contributed by atoms with Gasteiger partial charge >= 0.3 is 0 Å². The van der Waals surface area contributed by atoms with Crippen LogP contribution in [0.3, 0.4) is 0 Å². The SMILES string of the molecule is CC(C1CCOCC1)n1c(CCl)nc2cc(Br)c(F)cc21. The lowest BCUT2D eigenvalue weighted by atomic mass is 9.92. The van der Waals surface area contributed by atoms with Crippen LogP contribution in [-0.2, 0) is 10.6 Å². The van der Waals surface area contributed by atoms with Gasteiger partial charge in [-0.25, -0.2) is 9.37 Å². The molecule has 1 aromatic heterocycles. The number of rotatable bonds is 3. The Balaban J connectivity index is 2.08. The van der Waals surface area contributed by atoms with Crippen LogP contribution in [0, 0.1) is 11.7 Å². The zero-order valence-corrected chi connectivity index (χ0v) is 14.1. The molecule has 0 radical (unpaired) electrons. The molecule has 3 nitrogen and oxygen atoms in total. The summed E-state index contributed by atoms with van der Waals surface area (Å²) in [5, 5.41) is 0. The van der Waals surface area contributed by atoms with E-state index >= 15 is 0 Å². The molecule has 3 rings (SSSR count). The smallest absolute Gasteiger partial charge is 0.139 e. The first kappa shape index (κ1) is 15.3. The fourth-order valence-corrected chi connectivity index (χ4v) is 3.62. The molecule has 2 aromatic rings. The highest BCUT2D eigenvalue weighted by Crippen LogP contribution is 2.33. The molecule has 1 saturated heterocycles. The average molecular weight is 376 g/mol. The molecule has 1 aromatic carbocycles. The zero-order chi connectivity index (χ0) is 15.0. The fraction of sp³-hybridized carbons (Fsp3) is 0.533. The lowest BCUT2D eigenvalue weighted by Gasteiger charge is -2.30. The zero-order valence-electron chi connectivity index (χ0n) is 11.8. The summed E-state index contributed by atoms with van der Waals surface area (Å²) < 4.78 is 21.9. The van der Waals surface area contributed by atoms with E-state index < -0.39 is 0 Å². The van der Waals surface area contributed by atoms with Crippen LogP contribution in [0.4, 0.5) is 4.39 Å². The third-order valence-electron chi connectivity index (χ3n) is 4.28. The summed E-state index contributed by atoms with van der Waals surface area (Å²) in [6, 6.07) is 3.49. The van der Waals surface area contributed by atoms with E-state index in [2.05, 4.69) is 32.4 Å². The van der Waals surface area contributed by atoms with Crippen molar-refractivity contribution in [3.8, 4) is 0 Å². The van der Waals surface area contributed by atoms with Crippen LogP contribution >= 0.6 is 27.5 Å². The van der Waals surface area contributed by atoms with Crippen LogP contribution in [0.2, 0.25) is 0 Å². The highest BCUT2D eigenvalue weighted by Gasteiger charge is 2.25. The Morgan fingerprint density at radius 2 is 2.19 bits per heavy atom. The van der Waals surface area contributed by atoms with Gasteiger partial charge in [-0.2, -0.15) is 0 Å². The number of hydrogen-bond acceptors (Lipinski definition) is 2. The standard InChI is InChI=1S/C15H17BrClFN2O/c1-9(10-2-4-21-5-3-10)20-14-7-12(18)11(16)6-13(14)19-15(20)8-17/h6-7,9-10H,2-5,8H2,1H3. The van der Waals surface area contributed by atoms with Crippen molar-refractivity contribution < 1.29 is 9.13 Å². The van der Waals surface area contributed by atoms with Crippen LogP contribution in [0.25, 0.3) is 11.0 Å². The molecule has 0 amide bonds. The van der Waals surface area contributed by atoms with Gasteiger partial charge in [0, 0.05) is 25.3 Å². The minimum absolute atomic E-state index is 0.230. The quantitative estimate of drug-likeness (QED) is 0.729. The largest absolute Gasteiger partial charge is 0.381 e. The van der Waals surface area contributed by atoms with Crippen molar-refractivity contribution in [2.24, 2.45) is 5.92 Å². The predicted octanol–water partition coefficient (Wildman–Crippen LogP) is 4.66. The van der Waals surface area contributed by atoms with Gasteiger partial charge in [0.25, 0.3) is 0 Å². The van der Waals surface area contributed by atoms with Crippen molar-refractivity contribution >= 4 is 38.6 Å². The second kappa shape index (κ2) is 6.23. The molecule has 0 aliphatic carbocycles. The molecular formula is C15H17BrClFN2O. The molecule has 1 aliphatic heterocycles. The van der Waals surface area contributed by atoms with Gasteiger partial charge in [-0.05, 0) is 47.7 Å². The van der Waals surface area contributed by atoms with Crippen molar-refractivity contribution in [1.82, 2.24) is 9.55 Å². The molecule has 1 aliphatic rings. The minimum atomic E-state index is -0.274. The highest BCUT2D eigenvalue weighted by molar-refractivity contribution is 9.10. The van der Waals surface area contributed by atoms with E-state index in [1.807, 2.05) is 0 Å². The van der Waals surface area contributed by atoms with E-state index in [0.717, 1.165) is 42.9 Å². The Bertz CT molecular complexity index is 655. The Hall–Kier alpha value is -0.650. The molecule has 0 bridgehead atoms. The molecule has 0 N–H and O–H groups in total. The number of benzene rings is 1. The summed E-state index contributed by atoms with van der Waals surface area (Å²) in [6.45, 7) is 3.74. The van der Waals surface area contributed by atoms with Crippen LogP contribution < -0.4 is 0 Å². The van der Waals surface area contributed by atoms with Gasteiger partial charge in [0.2, 0.25) is 0 Å². The van der Waals surface area contributed by atoms with Crippen molar-refractivity contribution in [2.45, 2.75) is 31.7 Å². The van der Waals surface area contributed by atoms with Gasteiger partial charge in [0.05, 0.1) is 21.4 Å². The first-order chi connectivity index (χ1) is 10.1. The molecule has 1 unspecified atom stereocenters. The van der Waals surface area contributed by atoms with E-state index in [1.54, 1.807) is 6.07 Å². The Morgan fingerprint density at radius 3 is 2.86 bits per heavy atom. The Morgan fingerprint density at radius 1 is 1.48 bits per heavy atom. The third-order valence-corrected chi connectivity index (χ3v) is 5.13. The van der Waals surface area contributed by atoms with Gasteiger partial charge in [0.15, 0.2) is 0 Å². The minimum Gasteiger partial charge on any atom is -0.381 e. The second-order valence-corrected chi connectivity index (χ2v) is 6.60. The number of nitrogens with zero attached hydrogens (tertiary/aromatic N) is 2. The summed E-state index contributed by atoms with van der Waals surface area (Å²) >= 11 is 9.26. The van der Waals surface area contributed by atoms with Crippen molar-refractivity contribution in [1.29, 1.82) is 0 Å². The Labute approximate surface area is 136 Å². The summed E-state index contributed by atoms with van der Waals surface area (Å²) in [7, 11) is 0. The van der Waals surface area contributed by atoms with E-state index in [-0.39, 0.29) is 11.9 Å². The molecule has 2 heterocycles. The number of fused-ring (bicyclic) bond motifs is 1. The number of imidazole rings is 1. The molecule has 1 fully saturated rings. The highest BCUT2D eigenvalue weighted by atomic mass is 79.9. The first-order valence-corrected chi connectivity index (χ1v) is 8.44. The van der Waals surface area contributed by atoms with E-state index in [9.17, 15) is 4.39 Å². The summed E-state index contributed by atoms with van der Waals surface area (Å²) in [5.74, 6) is 1.35. The summed E-state index contributed by atoms with van der Waals surface area (Å²) in [6.07, 6.45) is 2.03. The number of halogens is 3. The maximum Gasteiger partial charge on any atom is 0.139 e. The normalized spacial score (nSPS) is 18.3. The summed E-state index contributed by atoms with van der Waals surface area (Å²) in [5.41, 5.74) is 1.59. The molecule has 1 atom stereocenters. The monoisotopic (exact) mass is 374 g/mol. The van der Waals surface area contributed by atoms with Crippen LogP contribution in [-0.4, -0.2) is 22.8 Å². The van der Waals surface area contributed by atoms with Crippen molar-refractivity contribution in [3.63, 3.8) is 0 Å².